The van der Waals surface area contributed by atoms with E-state index >= 15 is 0 Å². The number of rotatable bonds is 2. The van der Waals surface area contributed by atoms with Crippen molar-refractivity contribution in [3.63, 3.8) is 0 Å². The summed E-state index contributed by atoms with van der Waals surface area (Å²) in [5.41, 5.74) is 4.23. The number of piperazine rings is 1. The largest absolute Gasteiger partial charge is 0.368 e. The number of nitrogens with zero attached hydrogens (tertiary/aromatic N) is 4. The minimum absolute atomic E-state index is 0.776. The van der Waals surface area contributed by atoms with E-state index in [2.05, 4.69) is 67.2 Å². The Morgan fingerprint density at radius 1 is 0.920 bits per heavy atom. The maximum absolute atomic E-state index is 4.42. The first-order valence-corrected chi connectivity index (χ1v) is 8.67. The van der Waals surface area contributed by atoms with Crippen LogP contribution in [-0.2, 0) is 0 Å². The van der Waals surface area contributed by atoms with Crippen molar-refractivity contribution in [3.8, 4) is 5.69 Å². The van der Waals surface area contributed by atoms with Crippen LogP contribution in [0.5, 0.6) is 0 Å². The molecule has 0 amide bonds. The predicted molar refractivity (Wildman–Crippen MR) is 101 cm³/mol. The van der Waals surface area contributed by atoms with Gasteiger partial charge in [-0.05, 0) is 35.7 Å². The van der Waals surface area contributed by atoms with Gasteiger partial charge in [0.05, 0.1) is 5.52 Å². The zero-order valence-electron chi connectivity index (χ0n) is 13.9. The average molecular weight is 329 g/mol. The first-order valence-electron chi connectivity index (χ1n) is 8.67. The molecule has 25 heavy (non-hydrogen) atoms. The molecule has 0 unspecified atom stereocenters. The highest BCUT2D eigenvalue weighted by Crippen LogP contribution is 2.30. The van der Waals surface area contributed by atoms with Gasteiger partial charge in [-0.1, -0.05) is 18.2 Å². The van der Waals surface area contributed by atoms with Crippen molar-refractivity contribution >= 4 is 27.6 Å². The van der Waals surface area contributed by atoms with Crippen molar-refractivity contribution in [2.24, 2.45) is 0 Å². The third-order valence-corrected chi connectivity index (χ3v) is 4.90. The Balaban J connectivity index is 1.68. The van der Waals surface area contributed by atoms with Gasteiger partial charge < -0.3 is 10.2 Å². The summed E-state index contributed by atoms with van der Waals surface area (Å²) in [6.45, 7) is 4.16. The van der Waals surface area contributed by atoms with Crippen molar-refractivity contribution in [1.29, 1.82) is 0 Å². The van der Waals surface area contributed by atoms with Gasteiger partial charge in [0.25, 0.3) is 0 Å². The van der Waals surface area contributed by atoms with E-state index in [1.807, 2.05) is 12.4 Å². The molecule has 0 radical (unpaired) electrons. The second-order valence-corrected chi connectivity index (χ2v) is 6.38. The summed E-state index contributed by atoms with van der Waals surface area (Å²) in [6, 6.07) is 17.2. The number of fused-ring (bicyclic) bond motifs is 2. The lowest BCUT2D eigenvalue weighted by atomic mass is 10.1. The fourth-order valence-electron chi connectivity index (χ4n) is 3.63. The van der Waals surface area contributed by atoms with Gasteiger partial charge >= 0.3 is 0 Å². The minimum Gasteiger partial charge on any atom is -0.368 e. The van der Waals surface area contributed by atoms with Crippen molar-refractivity contribution in [2.75, 3.05) is 31.1 Å². The lowest BCUT2D eigenvalue weighted by Gasteiger charge is -2.30. The number of imidazole rings is 1. The second kappa shape index (κ2) is 5.86. The minimum atomic E-state index is 0.776. The third kappa shape index (κ3) is 2.44. The molecular formula is C20H19N5. The van der Waals surface area contributed by atoms with Gasteiger partial charge in [0.2, 0.25) is 0 Å². The molecule has 0 aliphatic carbocycles. The Bertz CT molecular complexity index is 1050. The zero-order valence-corrected chi connectivity index (χ0v) is 13.9. The summed E-state index contributed by atoms with van der Waals surface area (Å²) in [6.07, 6.45) is 3.63. The number of benzene rings is 2. The first-order chi connectivity index (χ1) is 12.4. The average Bonchev–Trinajstić information content (AvgIpc) is 3.12. The molecule has 0 bridgehead atoms. The Hall–Kier alpha value is -2.92. The highest BCUT2D eigenvalue weighted by molar-refractivity contribution is 5.96. The summed E-state index contributed by atoms with van der Waals surface area (Å²) < 4.78 is 2.11. The standard InChI is InChI=1S/C20H19N5/c1-3-15-6-7-16(25-14-23-20-19(25)5-2-8-22-20)13-17(15)18(4-1)24-11-9-21-10-12-24/h1-8,13-14,21H,9-12H2. The summed E-state index contributed by atoms with van der Waals surface area (Å²) in [5.74, 6) is 0. The molecule has 3 heterocycles. The maximum Gasteiger partial charge on any atom is 0.177 e. The van der Waals surface area contributed by atoms with Gasteiger partial charge in [-0.2, -0.15) is 0 Å². The van der Waals surface area contributed by atoms with Crippen LogP contribution in [0.15, 0.2) is 61.1 Å². The van der Waals surface area contributed by atoms with Crippen molar-refractivity contribution in [1.82, 2.24) is 19.9 Å². The molecule has 1 saturated heterocycles. The quantitative estimate of drug-likeness (QED) is 0.614. The molecule has 4 aromatic rings. The molecule has 5 nitrogen and oxygen atoms in total. The third-order valence-electron chi connectivity index (χ3n) is 4.90. The first kappa shape index (κ1) is 14.4. The van der Waals surface area contributed by atoms with Crippen molar-refractivity contribution in [3.05, 3.63) is 61.1 Å². The Kier molecular flexibility index (Phi) is 3.38. The molecule has 2 aromatic carbocycles. The maximum atomic E-state index is 4.42. The molecule has 5 rings (SSSR count). The van der Waals surface area contributed by atoms with E-state index in [0.717, 1.165) is 43.0 Å². The lowest BCUT2D eigenvalue weighted by Crippen LogP contribution is -2.43. The Morgan fingerprint density at radius 2 is 1.84 bits per heavy atom. The molecule has 5 heteroatoms. The van der Waals surface area contributed by atoms with Crippen LogP contribution >= 0.6 is 0 Å². The van der Waals surface area contributed by atoms with Crippen LogP contribution in [0, 0.1) is 0 Å². The summed E-state index contributed by atoms with van der Waals surface area (Å²) in [4.78, 5) is 11.2. The van der Waals surface area contributed by atoms with Crippen LogP contribution in [0.3, 0.4) is 0 Å². The van der Waals surface area contributed by atoms with Crippen LogP contribution in [0.4, 0.5) is 5.69 Å². The fraction of sp³-hybridized carbons (Fsp3) is 0.200. The van der Waals surface area contributed by atoms with E-state index in [-0.39, 0.29) is 0 Å². The SMILES string of the molecule is c1cc(N2CCNCC2)c2cc(-n3cnc4ncccc43)ccc2c1. The van der Waals surface area contributed by atoms with E-state index in [9.17, 15) is 0 Å². The number of pyridine rings is 1. The fourth-order valence-corrected chi connectivity index (χ4v) is 3.63. The van der Waals surface area contributed by atoms with E-state index < -0.39 is 0 Å². The highest BCUT2D eigenvalue weighted by atomic mass is 15.2. The highest BCUT2D eigenvalue weighted by Gasteiger charge is 2.14. The predicted octanol–water partition coefficient (Wildman–Crippen LogP) is 2.98. The molecular weight excluding hydrogens is 310 g/mol. The molecule has 1 aliphatic heterocycles. The lowest BCUT2D eigenvalue weighted by molar-refractivity contribution is 0.590. The van der Waals surface area contributed by atoms with E-state index in [4.69, 9.17) is 0 Å². The topological polar surface area (TPSA) is 46.0 Å². The number of nitrogens with one attached hydrogen (secondary N) is 1. The van der Waals surface area contributed by atoms with Gasteiger partial charge in [-0.25, -0.2) is 9.97 Å². The number of hydrogen-bond acceptors (Lipinski definition) is 4. The van der Waals surface area contributed by atoms with Crippen LogP contribution in [0.25, 0.3) is 27.6 Å². The van der Waals surface area contributed by atoms with Gasteiger partial charge in [0.1, 0.15) is 6.33 Å². The Labute approximate surface area is 145 Å². The van der Waals surface area contributed by atoms with Crippen LogP contribution < -0.4 is 10.2 Å². The molecule has 2 aromatic heterocycles. The van der Waals surface area contributed by atoms with Crippen molar-refractivity contribution < 1.29 is 0 Å². The van der Waals surface area contributed by atoms with Crippen LogP contribution in [0.1, 0.15) is 0 Å². The number of hydrogen-bond donors (Lipinski definition) is 1. The smallest absolute Gasteiger partial charge is 0.177 e. The monoisotopic (exact) mass is 329 g/mol. The normalized spacial score (nSPS) is 15.1. The van der Waals surface area contributed by atoms with Crippen molar-refractivity contribution in [2.45, 2.75) is 0 Å². The van der Waals surface area contributed by atoms with E-state index in [1.54, 1.807) is 6.20 Å². The molecule has 124 valence electrons. The van der Waals surface area contributed by atoms with Gasteiger partial charge in [-0.15, -0.1) is 0 Å². The summed E-state index contributed by atoms with van der Waals surface area (Å²) in [5, 5.41) is 5.98. The van der Waals surface area contributed by atoms with Crippen LogP contribution in [0.2, 0.25) is 0 Å². The van der Waals surface area contributed by atoms with Gasteiger partial charge in [0, 0.05) is 49.1 Å². The molecule has 0 atom stereocenters. The molecule has 1 fully saturated rings. The summed E-state index contributed by atoms with van der Waals surface area (Å²) >= 11 is 0. The van der Waals surface area contributed by atoms with E-state index in [1.165, 1.54) is 16.5 Å². The van der Waals surface area contributed by atoms with E-state index in [0.29, 0.717) is 0 Å². The zero-order chi connectivity index (χ0) is 16.6. The molecule has 1 N–H and O–H groups in total. The van der Waals surface area contributed by atoms with Gasteiger partial charge in [0.15, 0.2) is 5.65 Å². The van der Waals surface area contributed by atoms with Crippen LogP contribution in [-0.4, -0.2) is 40.7 Å². The second-order valence-electron chi connectivity index (χ2n) is 6.38. The molecule has 0 spiro atoms. The molecule has 1 aliphatic rings. The number of anilines is 1. The Morgan fingerprint density at radius 3 is 2.76 bits per heavy atom. The molecule has 0 saturated carbocycles. The summed E-state index contributed by atoms with van der Waals surface area (Å²) in [7, 11) is 0. The number of aromatic nitrogens is 3. The van der Waals surface area contributed by atoms with Gasteiger partial charge in [-0.3, -0.25) is 4.57 Å².